The smallest absolute Gasteiger partial charge is 0.183 e. The summed E-state index contributed by atoms with van der Waals surface area (Å²) < 4.78 is 5.66. The summed E-state index contributed by atoms with van der Waals surface area (Å²) in [6.45, 7) is 7.42. The van der Waals surface area contributed by atoms with Gasteiger partial charge in [-0.2, -0.15) is 0 Å². The highest BCUT2D eigenvalue weighted by molar-refractivity contribution is 5.78. The van der Waals surface area contributed by atoms with E-state index < -0.39 is 0 Å². The average Bonchev–Trinajstić information content (AvgIpc) is 2.91. The largest absolute Gasteiger partial charge is 0.478 e. The van der Waals surface area contributed by atoms with E-state index in [1.807, 2.05) is 0 Å². The number of hydrogen-bond acceptors (Lipinski definition) is 2. The molecule has 1 saturated carbocycles. The van der Waals surface area contributed by atoms with Crippen molar-refractivity contribution in [3.05, 3.63) is 0 Å². The Morgan fingerprint density at radius 3 is 2.17 bits per heavy atom. The van der Waals surface area contributed by atoms with Crippen LogP contribution >= 0.6 is 0 Å². The zero-order chi connectivity index (χ0) is 17.3. The summed E-state index contributed by atoms with van der Waals surface area (Å²) in [7, 11) is 0. The van der Waals surface area contributed by atoms with Gasteiger partial charge in [0.25, 0.3) is 0 Å². The number of hydrogen-bond donors (Lipinski definition) is 0. The van der Waals surface area contributed by atoms with Crippen LogP contribution in [0.4, 0.5) is 0 Å². The van der Waals surface area contributed by atoms with Crippen LogP contribution in [0.25, 0.3) is 0 Å². The lowest BCUT2D eigenvalue weighted by atomic mass is 9.75. The van der Waals surface area contributed by atoms with Crippen molar-refractivity contribution in [1.29, 1.82) is 0 Å². The maximum Gasteiger partial charge on any atom is 0.183 e. The molecule has 0 aromatic heterocycles. The molecular formula is C22H41NO. The van der Waals surface area contributed by atoms with Gasteiger partial charge in [0, 0.05) is 6.42 Å². The normalized spacial score (nSPS) is 26.2. The van der Waals surface area contributed by atoms with E-state index in [-0.39, 0.29) is 5.54 Å². The second kappa shape index (κ2) is 10.5. The molecule has 0 aromatic carbocycles. The van der Waals surface area contributed by atoms with E-state index in [2.05, 4.69) is 25.8 Å². The Morgan fingerprint density at radius 1 is 0.917 bits per heavy atom. The molecule has 0 spiro atoms. The molecule has 2 unspecified atom stereocenters. The molecule has 2 heteroatoms. The van der Waals surface area contributed by atoms with Crippen molar-refractivity contribution >= 4 is 5.90 Å². The van der Waals surface area contributed by atoms with Crippen molar-refractivity contribution < 1.29 is 4.74 Å². The van der Waals surface area contributed by atoms with Crippen LogP contribution in [0.15, 0.2) is 4.99 Å². The van der Waals surface area contributed by atoms with Crippen LogP contribution in [0.2, 0.25) is 0 Å². The van der Waals surface area contributed by atoms with E-state index >= 15 is 0 Å². The van der Waals surface area contributed by atoms with Gasteiger partial charge >= 0.3 is 0 Å². The molecule has 0 radical (unpaired) electrons. The third-order valence-corrected chi connectivity index (χ3v) is 5.96. The monoisotopic (exact) mass is 335 g/mol. The maximum atomic E-state index is 5.66. The van der Waals surface area contributed by atoms with Gasteiger partial charge in [-0.25, -0.2) is 4.99 Å². The van der Waals surface area contributed by atoms with E-state index in [1.165, 1.54) is 83.5 Å². The Morgan fingerprint density at radius 2 is 1.54 bits per heavy atom. The van der Waals surface area contributed by atoms with Crippen LogP contribution in [-0.2, 0) is 4.74 Å². The van der Waals surface area contributed by atoms with Crippen molar-refractivity contribution in [1.82, 2.24) is 0 Å². The van der Waals surface area contributed by atoms with Crippen LogP contribution < -0.4 is 0 Å². The quantitative estimate of drug-likeness (QED) is 0.375. The summed E-state index contributed by atoms with van der Waals surface area (Å²) in [6, 6.07) is 0. The van der Waals surface area contributed by atoms with E-state index in [9.17, 15) is 0 Å². The van der Waals surface area contributed by atoms with E-state index in [4.69, 9.17) is 4.74 Å². The SMILES string of the molecule is CCCC1CCCCC1CCCCCCCCC1=NC(C)(C)CO1. The van der Waals surface area contributed by atoms with Gasteiger partial charge in [-0.1, -0.05) is 84.0 Å². The molecule has 1 fully saturated rings. The number of ether oxygens (including phenoxy) is 1. The summed E-state index contributed by atoms with van der Waals surface area (Å²) in [5.41, 5.74) is 0.0179. The van der Waals surface area contributed by atoms with E-state index in [1.54, 1.807) is 0 Å². The minimum absolute atomic E-state index is 0.0179. The predicted molar refractivity (Wildman–Crippen MR) is 105 cm³/mol. The van der Waals surface area contributed by atoms with Crippen LogP contribution in [0.1, 0.15) is 111 Å². The van der Waals surface area contributed by atoms with Gasteiger partial charge in [0.2, 0.25) is 0 Å². The van der Waals surface area contributed by atoms with Crippen molar-refractivity contribution in [2.45, 2.75) is 116 Å². The Balaban J connectivity index is 1.45. The molecule has 2 aliphatic rings. The fraction of sp³-hybridized carbons (Fsp3) is 0.955. The molecule has 140 valence electrons. The third kappa shape index (κ3) is 7.15. The first kappa shape index (κ1) is 19.8. The first-order chi connectivity index (χ1) is 11.6. The number of nitrogens with zero attached hydrogens (tertiary/aromatic N) is 1. The number of rotatable bonds is 11. The van der Waals surface area contributed by atoms with Crippen LogP contribution in [-0.4, -0.2) is 18.0 Å². The van der Waals surface area contributed by atoms with Gasteiger partial charge in [-0.05, 0) is 32.1 Å². The molecule has 2 nitrogen and oxygen atoms in total. The number of unbranched alkanes of at least 4 members (excludes halogenated alkanes) is 5. The van der Waals surface area contributed by atoms with E-state index in [0.29, 0.717) is 0 Å². The molecule has 0 saturated heterocycles. The Kier molecular flexibility index (Phi) is 8.62. The minimum Gasteiger partial charge on any atom is -0.478 e. The highest BCUT2D eigenvalue weighted by Crippen LogP contribution is 2.36. The Bertz CT molecular complexity index is 372. The molecule has 1 aliphatic carbocycles. The summed E-state index contributed by atoms with van der Waals surface area (Å²) in [4.78, 5) is 4.64. The summed E-state index contributed by atoms with van der Waals surface area (Å²) in [5, 5.41) is 0. The Labute approximate surface area is 150 Å². The van der Waals surface area contributed by atoms with Crippen molar-refractivity contribution in [2.75, 3.05) is 6.61 Å². The lowest BCUT2D eigenvalue weighted by Crippen LogP contribution is -2.19. The van der Waals surface area contributed by atoms with Gasteiger partial charge in [-0.15, -0.1) is 0 Å². The average molecular weight is 336 g/mol. The fourth-order valence-electron chi connectivity index (χ4n) is 4.60. The van der Waals surface area contributed by atoms with Gasteiger partial charge < -0.3 is 4.74 Å². The molecular weight excluding hydrogens is 294 g/mol. The minimum atomic E-state index is 0.0179. The fourth-order valence-corrected chi connectivity index (χ4v) is 4.60. The van der Waals surface area contributed by atoms with Crippen molar-refractivity contribution in [2.24, 2.45) is 16.8 Å². The zero-order valence-corrected chi connectivity index (χ0v) is 16.6. The van der Waals surface area contributed by atoms with Gasteiger partial charge in [0.05, 0.1) is 5.54 Å². The summed E-state index contributed by atoms with van der Waals surface area (Å²) >= 11 is 0. The van der Waals surface area contributed by atoms with Gasteiger partial charge in [0.1, 0.15) is 6.61 Å². The lowest BCUT2D eigenvalue weighted by Gasteiger charge is -2.31. The topological polar surface area (TPSA) is 21.6 Å². The molecule has 0 aromatic rings. The van der Waals surface area contributed by atoms with Crippen molar-refractivity contribution in [3.8, 4) is 0 Å². The third-order valence-electron chi connectivity index (χ3n) is 5.96. The lowest BCUT2D eigenvalue weighted by molar-refractivity contribution is 0.205. The van der Waals surface area contributed by atoms with Crippen LogP contribution in [0.5, 0.6) is 0 Å². The maximum absolute atomic E-state index is 5.66. The summed E-state index contributed by atoms with van der Waals surface area (Å²) in [5.74, 6) is 3.11. The molecule has 0 amide bonds. The van der Waals surface area contributed by atoms with Gasteiger partial charge in [-0.3, -0.25) is 0 Å². The zero-order valence-electron chi connectivity index (χ0n) is 16.6. The second-order valence-corrected chi connectivity index (χ2v) is 8.86. The predicted octanol–water partition coefficient (Wildman–Crippen LogP) is 6.92. The van der Waals surface area contributed by atoms with Crippen LogP contribution in [0, 0.1) is 11.8 Å². The molecule has 0 N–H and O–H groups in total. The molecule has 2 atom stereocenters. The highest BCUT2D eigenvalue weighted by Gasteiger charge is 2.25. The first-order valence-corrected chi connectivity index (χ1v) is 10.8. The first-order valence-electron chi connectivity index (χ1n) is 10.8. The molecule has 1 heterocycles. The molecule has 24 heavy (non-hydrogen) atoms. The summed E-state index contributed by atoms with van der Waals surface area (Å²) in [6.07, 6.45) is 19.7. The Hall–Kier alpha value is -0.530. The number of aliphatic imine (C=N–C) groups is 1. The standard InChI is InChI=1S/C22H41NO/c1-4-13-19-15-11-12-16-20(19)14-9-7-5-6-8-10-17-21-23-22(2,3)18-24-21/h19-20H,4-18H2,1-3H3. The van der Waals surface area contributed by atoms with E-state index in [0.717, 1.165) is 30.8 Å². The second-order valence-electron chi connectivity index (χ2n) is 8.86. The molecule has 1 aliphatic heterocycles. The highest BCUT2D eigenvalue weighted by atomic mass is 16.5. The van der Waals surface area contributed by atoms with Crippen LogP contribution in [0.3, 0.4) is 0 Å². The molecule has 2 rings (SSSR count). The van der Waals surface area contributed by atoms with Crippen molar-refractivity contribution in [3.63, 3.8) is 0 Å². The van der Waals surface area contributed by atoms with Gasteiger partial charge in [0.15, 0.2) is 5.90 Å². The molecule has 0 bridgehead atoms.